The van der Waals surface area contributed by atoms with Crippen LogP contribution in [0.3, 0.4) is 0 Å². The standard InChI is InChI=1S/C17H24N4O4/c1-12(16(23)24)21-11-17(4-3-13(21)22)5-9-20(10-6-17)14-15(25-2)19-8-7-18-14/h7-8,12H,3-6,9-11H2,1-2H3,(H,23,24)/t12-/m1/s1. The molecule has 1 atom stereocenters. The number of carboxylic acids is 1. The maximum absolute atomic E-state index is 12.2. The summed E-state index contributed by atoms with van der Waals surface area (Å²) in [6.45, 7) is 3.68. The monoisotopic (exact) mass is 348 g/mol. The summed E-state index contributed by atoms with van der Waals surface area (Å²) in [5, 5.41) is 9.26. The van der Waals surface area contributed by atoms with Crippen molar-refractivity contribution >= 4 is 17.7 Å². The number of carbonyl (C=O) groups is 2. The number of carbonyl (C=O) groups excluding carboxylic acids is 1. The minimum absolute atomic E-state index is 0.0104. The molecule has 2 saturated heterocycles. The molecular weight excluding hydrogens is 324 g/mol. The fourth-order valence-electron chi connectivity index (χ4n) is 3.81. The van der Waals surface area contributed by atoms with E-state index in [0.717, 1.165) is 38.2 Å². The molecule has 3 rings (SSSR count). The Morgan fingerprint density at radius 2 is 1.96 bits per heavy atom. The van der Waals surface area contributed by atoms with Crippen molar-refractivity contribution in [1.82, 2.24) is 14.9 Å². The molecule has 1 aromatic rings. The number of carboxylic acid groups (broad SMARTS) is 1. The van der Waals surface area contributed by atoms with Gasteiger partial charge in [0, 0.05) is 38.4 Å². The number of anilines is 1. The van der Waals surface area contributed by atoms with Crippen molar-refractivity contribution in [1.29, 1.82) is 0 Å². The topological polar surface area (TPSA) is 95.9 Å². The van der Waals surface area contributed by atoms with E-state index in [2.05, 4.69) is 14.9 Å². The maximum Gasteiger partial charge on any atom is 0.326 e. The minimum Gasteiger partial charge on any atom is -0.480 e. The number of aliphatic carboxylic acids is 1. The first kappa shape index (κ1) is 17.4. The zero-order valence-electron chi connectivity index (χ0n) is 14.6. The highest BCUT2D eigenvalue weighted by Gasteiger charge is 2.43. The Labute approximate surface area is 146 Å². The molecule has 0 aromatic carbocycles. The largest absolute Gasteiger partial charge is 0.480 e. The van der Waals surface area contributed by atoms with Gasteiger partial charge in [-0.1, -0.05) is 0 Å². The van der Waals surface area contributed by atoms with Crippen molar-refractivity contribution in [3.05, 3.63) is 12.4 Å². The predicted molar refractivity (Wildman–Crippen MR) is 90.5 cm³/mol. The first-order valence-corrected chi connectivity index (χ1v) is 8.58. The summed E-state index contributed by atoms with van der Waals surface area (Å²) < 4.78 is 5.29. The van der Waals surface area contributed by atoms with Crippen molar-refractivity contribution < 1.29 is 19.4 Å². The Hall–Kier alpha value is -2.38. The van der Waals surface area contributed by atoms with Gasteiger partial charge in [-0.15, -0.1) is 0 Å². The zero-order valence-corrected chi connectivity index (χ0v) is 14.6. The molecule has 3 heterocycles. The minimum atomic E-state index is -0.952. The molecule has 2 fully saturated rings. The third-order valence-corrected chi connectivity index (χ3v) is 5.48. The Bertz CT molecular complexity index is 658. The lowest BCUT2D eigenvalue weighted by molar-refractivity contribution is -0.154. The fourth-order valence-corrected chi connectivity index (χ4v) is 3.81. The van der Waals surface area contributed by atoms with Crippen LogP contribution in [0.5, 0.6) is 5.88 Å². The second-order valence-corrected chi connectivity index (χ2v) is 6.91. The molecule has 136 valence electrons. The van der Waals surface area contributed by atoms with Gasteiger partial charge in [-0.05, 0) is 31.6 Å². The Balaban J connectivity index is 1.70. The van der Waals surface area contributed by atoms with E-state index in [9.17, 15) is 14.7 Å². The third kappa shape index (κ3) is 3.38. The number of hydrogen-bond donors (Lipinski definition) is 1. The molecule has 8 nitrogen and oxygen atoms in total. The summed E-state index contributed by atoms with van der Waals surface area (Å²) in [6, 6.07) is -0.775. The molecule has 0 unspecified atom stereocenters. The maximum atomic E-state index is 12.2. The molecule has 1 N–H and O–H groups in total. The summed E-state index contributed by atoms with van der Waals surface area (Å²) in [4.78, 5) is 35.7. The Morgan fingerprint density at radius 1 is 1.28 bits per heavy atom. The van der Waals surface area contributed by atoms with Crippen LogP contribution in [0.1, 0.15) is 32.6 Å². The van der Waals surface area contributed by atoms with Crippen molar-refractivity contribution in [2.45, 2.75) is 38.6 Å². The first-order chi connectivity index (χ1) is 12.0. The van der Waals surface area contributed by atoms with Gasteiger partial charge in [0.15, 0.2) is 5.82 Å². The summed E-state index contributed by atoms with van der Waals surface area (Å²) in [6.07, 6.45) is 6.28. The molecule has 1 aromatic heterocycles. The van der Waals surface area contributed by atoms with Crippen molar-refractivity contribution in [2.75, 3.05) is 31.6 Å². The van der Waals surface area contributed by atoms with Gasteiger partial charge in [-0.2, -0.15) is 0 Å². The highest BCUT2D eigenvalue weighted by atomic mass is 16.5. The van der Waals surface area contributed by atoms with Crippen LogP contribution in [-0.2, 0) is 9.59 Å². The van der Waals surface area contributed by atoms with Gasteiger partial charge in [0.2, 0.25) is 5.91 Å². The number of nitrogens with zero attached hydrogens (tertiary/aromatic N) is 4. The summed E-state index contributed by atoms with van der Waals surface area (Å²) in [5.41, 5.74) is -0.0104. The van der Waals surface area contributed by atoms with E-state index in [1.807, 2.05) is 0 Å². The number of piperidine rings is 2. The number of amides is 1. The average Bonchev–Trinajstić information content (AvgIpc) is 2.64. The summed E-state index contributed by atoms with van der Waals surface area (Å²) in [5.74, 6) is 0.242. The molecule has 0 radical (unpaired) electrons. The predicted octanol–water partition coefficient (Wildman–Crippen LogP) is 1.17. The average molecular weight is 348 g/mol. The number of rotatable bonds is 4. The van der Waals surface area contributed by atoms with Crippen LogP contribution in [0, 0.1) is 5.41 Å². The van der Waals surface area contributed by atoms with Crippen molar-refractivity contribution in [2.24, 2.45) is 5.41 Å². The van der Waals surface area contributed by atoms with E-state index >= 15 is 0 Å². The molecule has 2 aliphatic heterocycles. The quantitative estimate of drug-likeness (QED) is 0.872. The van der Waals surface area contributed by atoms with Crippen LogP contribution in [0.25, 0.3) is 0 Å². The van der Waals surface area contributed by atoms with E-state index in [1.54, 1.807) is 26.4 Å². The summed E-state index contributed by atoms with van der Waals surface area (Å²) >= 11 is 0. The molecule has 8 heteroatoms. The number of ether oxygens (including phenoxy) is 1. The van der Waals surface area contributed by atoms with Gasteiger partial charge < -0.3 is 19.6 Å². The van der Waals surface area contributed by atoms with Crippen molar-refractivity contribution in [3.8, 4) is 5.88 Å². The highest BCUT2D eigenvalue weighted by Crippen LogP contribution is 2.42. The zero-order chi connectivity index (χ0) is 18.0. The number of hydrogen-bond acceptors (Lipinski definition) is 6. The van der Waals surface area contributed by atoms with Crippen LogP contribution in [0.2, 0.25) is 0 Å². The van der Waals surface area contributed by atoms with Crippen LogP contribution in [-0.4, -0.2) is 64.6 Å². The summed E-state index contributed by atoms with van der Waals surface area (Å²) in [7, 11) is 1.58. The van der Waals surface area contributed by atoms with Gasteiger partial charge in [0.05, 0.1) is 7.11 Å². The fraction of sp³-hybridized carbons (Fsp3) is 0.647. The lowest BCUT2D eigenvalue weighted by Gasteiger charge is -2.48. The van der Waals surface area contributed by atoms with Gasteiger partial charge in [-0.3, -0.25) is 4.79 Å². The lowest BCUT2D eigenvalue weighted by Crippen LogP contribution is -2.55. The Morgan fingerprint density at radius 3 is 2.60 bits per heavy atom. The molecular formula is C17H24N4O4. The van der Waals surface area contributed by atoms with Gasteiger partial charge in [-0.25, -0.2) is 14.8 Å². The normalized spacial score (nSPS) is 21.3. The van der Waals surface area contributed by atoms with Crippen LogP contribution >= 0.6 is 0 Å². The van der Waals surface area contributed by atoms with Crippen molar-refractivity contribution in [3.63, 3.8) is 0 Å². The first-order valence-electron chi connectivity index (χ1n) is 8.58. The van der Waals surface area contributed by atoms with E-state index < -0.39 is 12.0 Å². The van der Waals surface area contributed by atoms with Crippen LogP contribution < -0.4 is 9.64 Å². The number of methoxy groups -OCH3 is 1. The lowest BCUT2D eigenvalue weighted by atomic mass is 9.72. The third-order valence-electron chi connectivity index (χ3n) is 5.48. The van der Waals surface area contributed by atoms with Gasteiger partial charge in [0.25, 0.3) is 5.88 Å². The number of likely N-dealkylation sites (tertiary alicyclic amines) is 1. The molecule has 2 aliphatic rings. The van der Waals surface area contributed by atoms with Gasteiger partial charge in [0.1, 0.15) is 6.04 Å². The molecule has 1 amide bonds. The molecule has 0 aliphatic carbocycles. The molecule has 0 bridgehead atoms. The SMILES string of the molecule is COc1nccnc1N1CCC2(CCC(=O)N([C@H](C)C(=O)O)C2)CC1. The van der Waals surface area contributed by atoms with E-state index in [0.29, 0.717) is 18.8 Å². The number of aromatic nitrogens is 2. The second kappa shape index (κ2) is 6.85. The van der Waals surface area contributed by atoms with Crippen LogP contribution in [0.15, 0.2) is 12.4 Å². The smallest absolute Gasteiger partial charge is 0.326 e. The molecule has 1 spiro atoms. The van der Waals surface area contributed by atoms with E-state index in [-0.39, 0.29) is 11.3 Å². The van der Waals surface area contributed by atoms with E-state index in [1.165, 1.54) is 4.90 Å². The molecule has 25 heavy (non-hydrogen) atoms. The Kier molecular flexibility index (Phi) is 4.78. The second-order valence-electron chi connectivity index (χ2n) is 6.91. The molecule has 0 saturated carbocycles. The van der Waals surface area contributed by atoms with E-state index in [4.69, 9.17) is 4.74 Å². The highest BCUT2D eigenvalue weighted by molar-refractivity contribution is 5.84. The van der Waals surface area contributed by atoms with Gasteiger partial charge >= 0.3 is 5.97 Å². The van der Waals surface area contributed by atoms with Crippen LogP contribution in [0.4, 0.5) is 5.82 Å².